The molecular weight excluding hydrogens is 405 g/mol. The molecule has 1 saturated carbocycles. The van der Waals surface area contributed by atoms with Crippen LogP contribution in [0.5, 0.6) is 5.88 Å². The minimum atomic E-state index is -0.866. The molecule has 1 N–H and O–H groups in total. The van der Waals surface area contributed by atoms with Gasteiger partial charge in [-0.05, 0) is 43.2 Å². The lowest BCUT2D eigenvalue weighted by molar-refractivity contribution is -0.146. The van der Waals surface area contributed by atoms with Crippen molar-refractivity contribution < 1.29 is 28.2 Å². The molecule has 0 spiro atoms. The maximum absolute atomic E-state index is 12.8. The molecular formula is C22H32FN3O5. The summed E-state index contributed by atoms with van der Waals surface area (Å²) in [4.78, 5) is 31.6. The van der Waals surface area contributed by atoms with E-state index in [1.807, 2.05) is 19.9 Å². The largest absolute Gasteiger partial charge is 0.476 e. The molecule has 9 heteroatoms. The lowest BCUT2D eigenvalue weighted by Crippen LogP contribution is -2.52. The van der Waals surface area contributed by atoms with Crippen LogP contribution in [0, 0.1) is 11.8 Å². The number of pyridine rings is 1. The summed E-state index contributed by atoms with van der Waals surface area (Å²) in [6.07, 6.45) is 2.84. The topological polar surface area (TPSA) is 90.0 Å². The summed E-state index contributed by atoms with van der Waals surface area (Å²) in [5.41, 5.74) is 0.983. The second-order valence-corrected chi connectivity index (χ2v) is 8.55. The van der Waals surface area contributed by atoms with Gasteiger partial charge >= 0.3 is 5.97 Å². The standard InChI is InChI=1S/C22H32FN3O5/c1-14(2)10-18(22(28)30-9-8-23)24-20(27)17-6-7-19(26-11-16(12-26)29-3)21(25-17)31-13-15-4-5-15/h6-7,14-16,18H,4-5,8-13H2,1-3H3,(H,24,27)/t18-/m0/s1. The molecule has 1 atom stereocenters. The molecule has 8 nitrogen and oxygen atoms in total. The quantitative estimate of drug-likeness (QED) is 0.502. The van der Waals surface area contributed by atoms with Gasteiger partial charge in [0, 0.05) is 20.2 Å². The number of esters is 1. The van der Waals surface area contributed by atoms with Gasteiger partial charge in [-0.25, -0.2) is 14.2 Å². The van der Waals surface area contributed by atoms with E-state index >= 15 is 0 Å². The van der Waals surface area contributed by atoms with Crippen molar-refractivity contribution in [3.63, 3.8) is 0 Å². The van der Waals surface area contributed by atoms with Crippen molar-refractivity contribution >= 4 is 17.6 Å². The van der Waals surface area contributed by atoms with E-state index in [0.717, 1.165) is 31.6 Å². The zero-order valence-corrected chi connectivity index (χ0v) is 18.4. The predicted octanol–water partition coefficient (Wildman–Crippen LogP) is 2.36. The zero-order valence-electron chi connectivity index (χ0n) is 18.4. The third kappa shape index (κ3) is 6.53. The Hall–Kier alpha value is -2.42. The molecule has 2 heterocycles. The third-order valence-corrected chi connectivity index (χ3v) is 5.37. The Kier molecular flexibility index (Phi) is 8.06. The van der Waals surface area contributed by atoms with Crippen LogP contribution in [0.3, 0.4) is 0 Å². The van der Waals surface area contributed by atoms with Gasteiger partial charge in [0.2, 0.25) is 5.88 Å². The summed E-state index contributed by atoms with van der Waals surface area (Å²) in [6.45, 7) is 4.81. The van der Waals surface area contributed by atoms with E-state index in [1.54, 1.807) is 13.2 Å². The molecule has 2 aliphatic rings. The highest BCUT2D eigenvalue weighted by Crippen LogP contribution is 2.34. The number of carbonyl (C=O) groups excluding carboxylic acids is 2. The molecule has 0 radical (unpaired) electrons. The number of alkyl halides is 1. The van der Waals surface area contributed by atoms with Crippen LogP contribution in [0.25, 0.3) is 0 Å². The van der Waals surface area contributed by atoms with Crippen molar-refractivity contribution in [1.29, 1.82) is 0 Å². The molecule has 0 aromatic carbocycles. The van der Waals surface area contributed by atoms with Crippen LogP contribution in [0.2, 0.25) is 0 Å². The molecule has 1 aromatic rings. The number of methoxy groups -OCH3 is 1. The number of amides is 1. The lowest BCUT2D eigenvalue weighted by atomic mass is 10.0. The average molecular weight is 438 g/mol. The minimum Gasteiger partial charge on any atom is -0.476 e. The van der Waals surface area contributed by atoms with Crippen molar-refractivity contribution in [2.75, 3.05) is 45.0 Å². The van der Waals surface area contributed by atoms with E-state index in [0.29, 0.717) is 24.8 Å². The van der Waals surface area contributed by atoms with Gasteiger partial charge < -0.3 is 24.4 Å². The van der Waals surface area contributed by atoms with Gasteiger partial charge in [0.25, 0.3) is 5.91 Å². The molecule has 1 saturated heterocycles. The van der Waals surface area contributed by atoms with E-state index in [1.165, 1.54) is 0 Å². The number of nitrogens with one attached hydrogen (secondary N) is 1. The number of nitrogens with zero attached hydrogens (tertiary/aromatic N) is 2. The minimum absolute atomic E-state index is 0.135. The second kappa shape index (κ2) is 10.7. The maximum Gasteiger partial charge on any atom is 0.328 e. The second-order valence-electron chi connectivity index (χ2n) is 8.55. The molecule has 0 unspecified atom stereocenters. The smallest absolute Gasteiger partial charge is 0.328 e. The molecule has 172 valence electrons. The van der Waals surface area contributed by atoms with E-state index in [4.69, 9.17) is 14.2 Å². The highest BCUT2D eigenvalue weighted by molar-refractivity contribution is 5.95. The normalized spacial score (nSPS) is 17.3. The maximum atomic E-state index is 12.8. The third-order valence-electron chi connectivity index (χ3n) is 5.37. The molecule has 1 aliphatic carbocycles. The van der Waals surface area contributed by atoms with E-state index in [2.05, 4.69) is 15.2 Å². The van der Waals surface area contributed by atoms with Crippen LogP contribution in [0.1, 0.15) is 43.6 Å². The zero-order chi connectivity index (χ0) is 22.4. The highest BCUT2D eigenvalue weighted by Gasteiger charge is 2.31. The number of halogens is 1. The van der Waals surface area contributed by atoms with Crippen LogP contribution in [-0.4, -0.2) is 69.1 Å². The Balaban J connectivity index is 1.72. The van der Waals surface area contributed by atoms with Crippen molar-refractivity contribution in [1.82, 2.24) is 10.3 Å². The lowest BCUT2D eigenvalue weighted by Gasteiger charge is -2.40. The fourth-order valence-corrected chi connectivity index (χ4v) is 3.33. The number of anilines is 1. The van der Waals surface area contributed by atoms with Crippen molar-refractivity contribution in [3.05, 3.63) is 17.8 Å². The highest BCUT2D eigenvalue weighted by atomic mass is 19.1. The number of rotatable bonds is 12. The Morgan fingerprint density at radius 3 is 2.65 bits per heavy atom. The number of hydrogen-bond donors (Lipinski definition) is 1. The van der Waals surface area contributed by atoms with Crippen LogP contribution < -0.4 is 15.0 Å². The predicted molar refractivity (Wildman–Crippen MR) is 113 cm³/mol. The number of carbonyl (C=O) groups is 2. The summed E-state index contributed by atoms with van der Waals surface area (Å²) in [5.74, 6) is -0.0571. The van der Waals surface area contributed by atoms with Crippen molar-refractivity contribution in [2.45, 2.75) is 45.3 Å². The first-order valence-corrected chi connectivity index (χ1v) is 10.9. The first-order chi connectivity index (χ1) is 14.9. The number of ether oxygens (including phenoxy) is 3. The fourth-order valence-electron chi connectivity index (χ4n) is 3.33. The summed E-state index contributed by atoms with van der Waals surface area (Å²) < 4.78 is 28.5. The Morgan fingerprint density at radius 1 is 1.29 bits per heavy atom. The summed E-state index contributed by atoms with van der Waals surface area (Å²) in [5, 5.41) is 2.68. The molecule has 2 fully saturated rings. The van der Waals surface area contributed by atoms with E-state index < -0.39 is 24.6 Å². The summed E-state index contributed by atoms with van der Waals surface area (Å²) in [6, 6.07) is 2.57. The van der Waals surface area contributed by atoms with Gasteiger partial charge in [-0.15, -0.1) is 0 Å². The number of hydrogen-bond acceptors (Lipinski definition) is 7. The molecule has 1 aromatic heterocycles. The van der Waals surface area contributed by atoms with Gasteiger partial charge in [0.1, 0.15) is 30.7 Å². The first-order valence-electron chi connectivity index (χ1n) is 10.9. The van der Waals surface area contributed by atoms with Crippen LogP contribution in [0.15, 0.2) is 12.1 Å². The Bertz CT molecular complexity index is 766. The Morgan fingerprint density at radius 2 is 2.03 bits per heavy atom. The van der Waals surface area contributed by atoms with E-state index in [9.17, 15) is 14.0 Å². The van der Waals surface area contributed by atoms with Crippen molar-refractivity contribution in [3.8, 4) is 5.88 Å². The molecule has 0 bridgehead atoms. The van der Waals surface area contributed by atoms with Gasteiger partial charge in [0.15, 0.2) is 0 Å². The number of aromatic nitrogens is 1. The SMILES string of the molecule is COC1CN(c2ccc(C(=O)N[C@@H](CC(C)C)C(=O)OCCF)nc2OCC2CC2)C1. The fraction of sp³-hybridized carbons (Fsp3) is 0.682. The van der Waals surface area contributed by atoms with Crippen LogP contribution in [-0.2, 0) is 14.3 Å². The molecule has 1 aliphatic heterocycles. The van der Waals surface area contributed by atoms with Gasteiger partial charge in [-0.2, -0.15) is 0 Å². The van der Waals surface area contributed by atoms with E-state index in [-0.39, 0.29) is 24.3 Å². The summed E-state index contributed by atoms with van der Waals surface area (Å²) in [7, 11) is 1.68. The molecule has 1 amide bonds. The van der Waals surface area contributed by atoms with Crippen LogP contribution in [0.4, 0.5) is 10.1 Å². The van der Waals surface area contributed by atoms with Gasteiger partial charge in [-0.1, -0.05) is 13.8 Å². The Labute approximate surface area is 182 Å². The van der Waals surface area contributed by atoms with Gasteiger partial charge in [0.05, 0.1) is 12.7 Å². The molecule has 31 heavy (non-hydrogen) atoms. The van der Waals surface area contributed by atoms with Crippen molar-refractivity contribution in [2.24, 2.45) is 11.8 Å². The molecule has 3 rings (SSSR count). The van der Waals surface area contributed by atoms with Crippen LogP contribution >= 0.6 is 0 Å². The summed E-state index contributed by atoms with van der Waals surface area (Å²) >= 11 is 0. The monoisotopic (exact) mass is 437 g/mol. The van der Waals surface area contributed by atoms with Gasteiger partial charge in [-0.3, -0.25) is 4.79 Å². The average Bonchev–Trinajstić information content (AvgIpc) is 3.53. The first kappa shape index (κ1) is 23.2.